The highest BCUT2D eigenvalue weighted by molar-refractivity contribution is 5.81. The Hall–Kier alpha value is -3.56. The number of halogens is 3. The summed E-state index contributed by atoms with van der Waals surface area (Å²) in [6, 6.07) is 15.3. The number of alkyl halides is 3. The first-order valence-corrected chi connectivity index (χ1v) is 11.3. The summed E-state index contributed by atoms with van der Waals surface area (Å²) in [5, 5.41) is 10.9. The van der Waals surface area contributed by atoms with Crippen molar-refractivity contribution >= 4 is 18.0 Å². The van der Waals surface area contributed by atoms with Crippen LogP contribution in [-0.4, -0.2) is 60.4 Å². The van der Waals surface area contributed by atoms with E-state index < -0.39 is 43.0 Å². The van der Waals surface area contributed by atoms with Crippen LogP contribution in [0.1, 0.15) is 36.8 Å². The van der Waals surface area contributed by atoms with Crippen molar-refractivity contribution in [3.05, 3.63) is 59.7 Å². The molecular weight excluding hydrogens is 465 g/mol. The number of alkyl carbamates (subject to hydrolysis) is 1. The summed E-state index contributed by atoms with van der Waals surface area (Å²) in [5.74, 6) is -5.27. The van der Waals surface area contributed by atoms with Crippen LogP contribution in [-0.2, 0) is 14.3 Å². The molecule has 2 amide bonds. The minimum atomic E-state index is -4.93. The molecule has 2 N–H and O–H groups in total. The summed E-state index contributed by atoms with van der Waals surface area (Å²) in [5.41, 5.74) is 3.94. The fourth-order valence-electron chi connectivity index (χ4n) is 4.23. The molecule has 0 radical (unpaired) electrons. The van der Waals surface area contributed by atoms with Gasteiger partial charge < -0.3 is 20.1 Å². The van der Waals surface area contributed by atoms with Gasteiger partial charge in [-0.1, -0.05) is 55.5 Å². The lowest BCUT2D eigenvalue weighted by atomic mass is 9.98. The predicted molar refractivity (Wildman–Crippen MR) is 122 cm³/mol. The molecule has 1 unspecified atom stereocenters. The van der Waals surface area contributed by atoms with E-state index in [9.17, 15) is 27.6 Å². The number of hydrogen-bond donors (Lipinski definition) is 2. The molecule has 35 heavy (non-hydrogen) atoms. The van der Waals surface area contributed by atoms with Crippen LogP contribution in [0.2, 0.25) is 0 Å². The summed E-state index contributed by atoms with van der Waals surface area (Å²) >= 11 is 0. The van der Waals surface area contributed by atoms with E-state index in [1.165, 1.54) is 0 Å². The molecule has 1 aliphatic rings. The van der Waals surface area contributed by atoms with E-state index in [1.54, 1.807) is 6.92 Å². The van der Waals surface area contributed by atoms with Crippen molar-refractivity contribution in [1.82, 2.24) is 10.2 Å². The van der Waals surface area contributed by atoms with Crippen molar-refractivity contribution in [2.45, 2.75) is 31.9 Å². The van der Waals surface area contributed by atoms with E-state index in [2.05, 4.69) is 5.32 Å². The molecule has 2 aromatic carbocycles. The van der Waals surface area contributed by atoms with Crippen molar-refractivity contribution in [3.8, 4) is 11.1 Å². The molecule has 0 spiro atoms. The Morgan fingerprint density at radius 3 is 2.11 bits per heavy atom. The summed E-state index contributed by atoms with van der Waals surface area (Å²) in [7, 11) is 0. The minimum absolute atomic E-state index is 0.0242. The van der Waals surface area contributed by atoms with Crippen molar-refractivity contribution in [1.29, 1.82) is 0 Å². The fraction of sp³-hybridized carbons (Fsp3) is 0.400. The monoisotopic (exact) mass is 492 g/mol. The molecule has 0 saturated carbocycles. The van der Waals surface area contributed by atoms with Crippen molar-refractivity contribution in [2.75, 3.05) is 26.2 Å². The predicted octanol–water partition coefficient (Wildman–Crippen LogP) is 4.42. The highest BCUT2D eigenvalue weighted by atomic mass is 19.4. The second kappa shape index (κ2) is 11.2. The quantitative estimate of drug-likeness (QED) is 0.512. The molecule has 2 aromatic rings. The zero-order chi connectivity index (χ0) is 25.6. The van der Waals surface area contributed by atoms with Gasteiger partial charge in [-0.2, -0.15) is 13.2 Å². The topological polar surface area (TPSA) is 95.9 Å². The number of rotatable bonds is 10. The molecule has 1 aliphatic carbocycles. The second-order valence-electron chi connectivity index (χ2n) is 8.27. The van der Waals surface area contributed by atoms with Gasteiger partial charge in [0.15, 0.2) is 5.92 Å². The van der Waals surface area contributed by atoms with Crippen LogP contribution in [0.15, 0.2) is 48.5 Å². The van der Waals surface area contributed by atoms with Crippen LogP contribution in [0.5, 0.6) is 0 Å². The lowest BCUT2D eigenvalue weighted by Crippen LogP contribution is -2.48. The number of hydrogen-bond acceptors (Lipinski definition) is 4. The Morgan fingerprint density at radius 2 is 1.60 bits per heavy atom. The highest BCUT2D eigenvalue weighted by Crippen LogP contribution is 2.44. The van der Waals surface area contributed by atoms with Crippen molar-refractivity contribution < 1.29 is 37.4 Å². The van der Waals surface area contributed by atoms with Gasteiger partial charge in [0, 0.05) is 25.6 Å². The van der Waals surface area contributed by atoms with Crippen LogP contribution in [0.25, 0.3) is 11.1 Å². The van der Waals surface area contributed by atoms with E-state index >= 15 is 0 Å². The van der Waals surface area contributed by atoms with Crippen molar-refractivity contribution in [3.63, 3.8) is 0 Å². The molecule has 0 heterocycles. The standard InChI is InChI=1S/C25H27F3N2O5/c1-2-12-30(13-11-22(31)32)23(33)21(25(26,27)28)14-29-24(34)35-15-20-18-9-5-3-7-16(18)17-8-4-6-10-19(17)20/h3-10,20-21H,2,11-15H2,1H3,(H,29,34)(H,31,32). The zero-order valence-electron chi connectivity index (χ0n) is 19.2. The average Bonchev–Trinajstić information content (AvgIpc) is 3.13. The number of nitrogens with one attached hydrogen (secondary N) is 1. The summed E-state index contributed by atoms with van der Waals surface area (Å²) in [4.78, 5) is 36.5. The van der Waals surface area contributed by atoms with E-state index in [4.69, 9.17) is 9.84 Å². The molecule has 10 heteroatoms. The van der Waals surface area contributed by atoms with Gasteiger partial charge in [-0.05, 0) is 28.7 Å². The number of carboxylic acid groups (broad SMARTS) is 1. The maximum atomic E-state index is 13.6. The Balaban J connectivity index is 1.63. The first-order chi connectivity index (χ1) is 16.6. The Labute approximate surface area is 200 Å². The van der Waals surface area contributed by atoms with Gasteiger partial charge >= 0.3 is 18.2 Å². The van der Waals surface area contributed by atoms with Crippen molar-refractivity contribution in [2.24, 2.45) is 5.92 Å². The van der Waals surface area contributed by atoms with E-state index in [1.807, 2.05) is 48.5 Å². The van der Waals surface area contributed by atoms with E-state index in [0.717, 1.165) is 27.2 Å². The van der Waals surface area contributed by atoms with Crippen LogP contribution in [0.3, 0.4) is 0 Å². The van der Waals surface area contributed by atoms with Gasteiger partial charge in [0.1, 0.15) is 6.61 Å². The lowest BCUT2D eigenvalue weighted by molar-refractivity contribution is -0.187. The number of amides is 2. The third kappa shape index (κ3) is 6.32. The number of nitrogens with zero attached hydrogens (tertiary/aromatic N) is 1. The SMILES string of the molecule is CCCN(CCC(=O)O)C(=O)C(CNC(=O)OCC1c2ccccc2-c2ccccc21)C(F)(F)F. The fourth-order valence-corrected chi connectivity index (χ4v) is 4.23. The summed E-state index contributed by atoms with van der Waals surface area (Å²) < 4.78 is 46.1. The number of carbonyl (C=O) groups excluding carboxylic acids is 2. The van der Waals surface area contributed by atoms with Gasteiger partial charge in [-0.25, -0.2) is 4.79 Å². The zero-order valence-corrected chi connectivity index (χ0v) is 19.2. The number of benzene rings is 2. The molecule has 3 rings (SSSR count). The van der Waals surface area contributed by atoms with Gasteiger partial charge in [0.2, 0.25) is 5.91 Å². The molecule has 0 saturated heterocycles. The minimum Gasteiger partial charge on any atom is -0.481 e. The number of ether oxygens (including phenoxy) is 1. The Bertz CT molecular complexity index is 1030. The van der Waals surface area contributed by atoms with Gasteiger partial charge in [0.25, 0.3) is 0 Å². The molecule has 0 bridgehead atoms. The normalized spacial score (nSPS) is 13.5. The first-order valence-electron chi connectivity index (χ1n) is 11.3. The highest BCUT2D eigenvalue weighted by Gasteiger charge is 2.46. The largest absolute Gasteiger partial charge is 0.481 e. The van der Waals surface area contributed by atoms with E-state index in [-0.39, 0.29) is 25.6 Å². The van der Waals surface area contributed by atoms with Gasteiger partial charge in [0.05, 0.1) is 6.42 Å². The Morgan fingerprint density at radius 1 is 1.03 bits per heavy atom. The molecule has 0 aromatic heterocycles. The summed E-state index contributed by atoms with van der Waals surface area (Å²) in [6.07, 6.45) is -6.11. The molecule has 1 atom stereocenters. The Kier molecular flexibility index (Phi) is 8.37. The number of carbonyl (C=O) groups is 3. The molecule has 0 aliphatic heterocycles. The van der Waals surface area contributed by atoms with Crippen LogP contribution in [0, 0.1) is 5.92 Å². The maximum Gasteiger partial charge on any atom is 0.407 e. The number of aliphatic carboxylic acids is 1. The smallest absolute Gasteiger partial charge is 0.407 e. The van der Waals surface area contributed by atoms with Crippen LogP contribution >= 0.6 is 0 Å². The molecular formula is C25H27F3N2O5. The van der Waals surface area contributed by atoms with Crippen LogP contribution < -0.4 is 5.32 Å². The second-order valence-corrected chi connectivity index (χ2v) is 8.27. The van der Waals surface area contributed by atoms with E-state index in [0.29, 0.717) is 6.42 Å². The average molecular weight is 492 g/mol. The molecule has 0 fully saturated rings. The first kappa shape index (κ1) is 26.1. The third-order valence-corrected chi connectivity index (χ3v) is 5.89. The third-order valence-electron chi connectivity index (χ3n) is 5.89. The summed E-state index contributed by atoms with van der Waals surface area (Å²) in [6.45, 7) is 0.207. The van der Waals surface area contributed by atoms with Crippen LogP contribution in [0.4, 0.5) is 18.0 Å². The number of fused-ring (bicyclic) bond motifs is 3. The maximum absolute atomic E-state index is 13.6. The molecule has 7 nitrogen and oxygen atoms in total. The lowest BCUT2D eigenvalue weighted by Gasteiger charge is -2.28. The van der Waals surface area contributed by atoms with Gasteiger partial charge in [-0.15, -0.1) is 0 Å². The number of carboxylic acids is 1. The van der Waals surface area contributed by atoms with Gasteiger partial charge in [-0.3, -0.25) is 9.59 Å². The molecule has 188 valence electrons.